The maximum atomic E-state index is 12.9. The van der Waals surface area contributed by atoms with Crippen LogP contribution in [0.3, 0.4) is 0 Å². The van der Waals surface area contributed by atoms with Gasteiger partial charge in [0, 0.05) is 18.1 Å². The summed E-state index contributed by atoms with van der Waals surface area (Å²) in [4.78, 5) is 7.35. The Kier molecular flexibility index (Phi) is 6.11. The molecule has 2 aromatic carbocycles. The van der Waals surface area contributed by atoms with Gasteiger partial charge in [-0.1, -0.05) is 43.2 Å². The van der Waals surface area contributed by atoms with E-state index in [-0.39, 0.29) is 9.79 Å². The van der Waals surface area contributed by atoms with E-state index in [0.717, 1.165) is 25.0 Å². The highest BCUT2D eigenvalue weighted by Crippen LogP contribution is 2.28. The summed E-state index contributed by atoms with van der Waals surface area (Å²) in [5.74, 6) is 0.695. The van der Waals surface area contributed by atoms with E-state index in [1.165, 1.54) is 31.9 Å². The van der Waals surface area contributed by atoms with Gasteiger partial charge in [0.25, 0.3) is 0 Å². The third-order valence-electron chi connectivity index (χ3n) is 5.38. The molecule has 0 aliphatic carbocycles. The Labute approximate surface area is 172 Å². The van der Waals surface area contributed by atoms with Gasteiger partial charge in [0.15, 0.2) is 0 Å². The fourth-order valence-electron chi connectivity index (χ4n) is 3.76. The highest BCUT2D eigenvalue weighted by molar-refractivity contribution is 7.91. The number of fused-ring (bicyclic) bond motifs is 1. The van der Waals surface area contributed by atoms with E-state index >= 15 is 0 Å². The van der Waals surface area contributed by atoms with Crippen LogP contribution in [-0.4, -0.2) is 44.5 Å². The quantitative estimate of drug-likeness (QED) is 0.606. The summed E-state index contributed by atoms with van der Waals surface area (Å²) in [6, 6.07) is 15.7. The normalized spacial score (nSPS) is 15.9. The van der Waals surface area contributed by atoms with E-state index in [0.29, 0.717) is 17.9 Å². The van der Waals surface area contributed by atoms with Crippen molar-refractivity contribution in [3.8, 4) is 5.75 Å². The van der Waals surface area contributed by atoms with E-state index in [1.54, 1.807) is 36.4 Å². The van der Waals surface area contributed by atoms with E-state index in [9.17, 15) is 8.42 Å². The lowest BCUT2D eigenvalue weighted by Gasteiger charge is -2.20. The first-order valence-electron chi connectivity index (χ1n) is 10.2. The Morgan fingerprint density at radius 1 is 0.897 bits per heavy atom. The Morgan fingerprint density at radius 2 is 1.66 bits per heavy atom. The smallest absolute Gasteiger partial charge is 0.208 e. The van der Waals surface area contributed by atoms with Gasteiger partial charge >= 0.3 is 0 Å². The number of aromatic nitrogens is 1. The Hall–Kier alpha value is -2.44. The molecule has 4 rings (SSSR count). The molecule has 1 aromatic heterocycles. The number of hydrogen-bond donors (Lipinski definition) is 0. The molecule has 29 heavy (non-hydrogen) atoms. The topological polar surface area (TPSA) is 59.5 Å². The molecule has 0 radical (unpaired) electrons. The Morgan fingerprint density at radius 3 is 2.41 bits per heavy atom. The molecule has 1 saturated heterocycles. The van der Waals surface area contributed by atoms with Crippen LogP contribution in [0.5, 0.6) is 5.75 Å². The molecule has 1 aliphatic heterocycles. The van der Waals surface area contributed by atoms with Crippen LogP contribution in [-0.2, 0) is 9.84 Å². The molecule has 2 heterocycles. The molecule has 152 valence electrons. The number of sulfone groups is 1. The zero-order valence-corrected chi connectivity index (χ0v) is 17.3. The van der Waals surface area contributed by atoms with Crippen LogP contribution < -0.4 is 4.74 Å². The van der Waals surface area contributed by atoms with Crippen molar-refractivity contribution in [2.24, 2.45) is 0 Å². The zero-order chi connectivity index (χ0) is 20.1. The average Bonchev–Trinajstić information content (AvgIpc) is 3.03. The first-order valence-corrected chi connectivity index (χ1v) is 11.7. The Bertz CT molecular complexity index is 1060. The fraction of sp³-hybridized carbons (Fsp3) is 0.348. The maximum Gasteiger partial charge on any atom is 0.208 e. The lowest BCUT2D eigenvalue weighted by Crippen LogP contribution is -2.29. The molecule has 1 fully saturated rings. The first kappa shape index (κ1) is 19.9. The number of pyridine rings is 1. The van der Waals surface area contributed by atoms with Gasteiger partial charge in [0.2, 0.25) is 9.84 Å². The molecule has 5 nitrogen and oxygen atoms in total. The second-order valence-corrected chi connectivity index (χ2v) is 9.37. The summed E-state index contributed by atoms with van der Waals surface area (Å²) in [5, 5.41) is 0.759. The van der Waals surface area contributed by atoms with E-state index in [1.807, 2.05) is 18.2 Å². The van der Waals surface area contributed by atoms with Crippen molar-refractivity contribution >= 4 is 20.7 Å². The van der Waals surface area contributed by atoms with Gasteiger partial charge in [-0.2, -0.15) is 0 Å². The van der Waals surface area contributed by atoms with E-state index in [4.69, 9.17) is 4.74 Å². The first-order chi connectivity index (χ1) is 14.1. The summed E-state index contributed by atoms with van der Waals surface area (Å²) in [5.41, 5.74) is 0.690. The highest BCUT2D eigenvalue weighted by Gasteiger charge is 2.19. The van der Waals surface area contributed by atoms with Crippen LogP contribution in [0.4, 0.5) is 0 Å². The Balaban J connectivity index is 1.52. The average molecular weight is 411 g/mol. The molecular formula is C23H26N2O3S. The number of nitrogens with zero attached hydrogens (tertiary/aromatic N) is 2. The van der Waals surface area contributed by atoms with Gasteiger partial charge in [0.05, 0.1) is 9.79 Å². The summed E-state index contributed by atoms with van der Waals surface area (Å²) in [6.07, 6.45) is 6.58. The molecule has 6 heteroatoms. The SMILES string of the molecule is O=S(=O)(c1ccccc1)c1cnc2c(OCCN3CCCCCC3)cccc2c1. The summed E-state index contributed by atoms with van der Waals surface area (Å²) < 4.78 is 31.7. The van der Waals surface area contributed by atoms with Crippen molar-refractivity contribution in [1.82, 2.24) is 9.88 Å². The summed E-state index contributed by atoms with van der Waals surface area (Å²) in [6.45, 7) is 3.78. The summed E-state index contributed by atoms with van der Waals surface area (Å²) >= 11 is 0. The maximum absolute atomic E-state index is 12.9. The van der Waals surface area contributed by atoms with Crippen LogP contribution in [0.2, 0.25) is 0 Å². The number of ether oxygens (including phenoxy) is 1. The summed E-state index contributed by atoms with van der Waals surface area (Å²) in [7, 11) is -3.59. The van der Waals surface area contributed by atoms with Gasteiger partial charge in [-0.15, -0.1) is 0 Å². The van der Waals surface area contributed by atoms with Crippen molar-refractivity contribution in [2.75, 3.05) is 26.2 Å². The van der Waals surface area contributed by atoms with Crippen molar-refractivity contribution < 1.29 is 13.2 Å². The largest absolute Gasteiger partial charge is 0.490 e. The molecule has 0 saturated carbocycles. The molecular weight excluding hydrogens is 384 g/mol. The van der Waals surface area contributed by atoms with Gasteiger partial charge in [0.1, 0.15) is 17.9 Å². The van der Waals surface area contributed by atoms with Gasteiger partial charge in [-0.25, -0.2) is 8.42 Å². The number of benzene rings is 2. The van der Waals surface area contributed by atoms with Gasteiger partial charge in [-0.3, -0.25) is 9.88 Å². The number of rotatable bonds is 6. The predicted molar refractivity (Wildman–Crippen MR) is 114 cm³/mol. The molecule has 3 aromatic rings. The molecule has 0 amide bonds. The minimum absolute atomic E-state index is 0.193. The molecule has 0 spiro atoms. The van der Waals surface area contributed by atoms with Crippen LogP contribution in [0.1, 0.15) is 25.7 Å². The van der Waals surface area contributed by atoms with Crippen molar-refractivity contribution in [1.29, 1.82) is 0 Å². The van der Waals surface area contributed by atoms with Gasteiger partial charge in [-0.05, 0) is 50.2 Å². The van der Waals surface area contributed by atoms with Crippen molar-refractivity contribution in [3.05, 3.63) is 60.8 Å². The third-order valence-corrected chi connectivity index (χ3v) is 7.11. The van der Waals surface area contributed by atoms with Crippen LogP contribution in [0, 0.1) is 0 Å². The van der Waals surface area contributed by atoms with E-state index < -0.39 is 9.84 Å². The monoisotopic (exact) mass is 410 g/mol. The van der Waals surface area contributed by atoms with Crippen LogP contribution >= 0.6 is 0 Å². The fourth-order valence-corrected chi connectivity index (χ4v) is 5.02. The van der Waals surface area contributed by atoms with E-state index in [2.05, 4.69) is 9.88 Å². The number of para-hydroxylation sites is 1. The number of hydrogen-bond acceptors (Lipinski definition) is 5. The second kappa shape index (κ2) is 8.93. The lowest BCUT2D eigenvalue weighted by molar-refractivity contribution is 0.215. The molecule has 1 aliphatic rings. The minimum Gasteiger partial charge on any atom is -0.490 e. The third kappa shape index (κ3) is 4.60. The molecule has 0 atom stereocenters. The predicted octanol–water partition coefficient (Wildman–Crippen LogP) is 4.32. The number of likely N-dealkylation sites (tertiary alicyclic amines) is 1. The van der Waals surface area contributed by atoms with Crippen molar-refractivity contribution in [3.63, 3.8) is 0 Å². The van der Waals surface area contributed by atoms with Crippen LogP contribution in [0.25, 0.3) is 10.9 Å². The van der Waals surface area contributed by atoms with Gasteiger partial charge < -0.3 is 4.74 Å². The molecule has 0 N–H and O–H groups in total. The highest BCUT2D eigenvalue weighted by atomic mass is 32.2. The molecule has 0 unspecified atom stereocenters. The van der Waals surface area contributed by atoms with Crippen molar-refractivity contribution in [2.45, 2.75) is 35.5 Å². The standard InChI is InChI=1S/C23H26N2O3S/c26-29(27,20-10-4-3-5-11-20)21-17-19-9-8-12-22(23(19)24-18-21)28-16-15-25-13-6-1-2-7-14-25/h3-5,8-12,17-18H,1-2,6-7,13-16H2. The zero-order valence-electron chi connectivity index (χ0n) is 16.5. The van der Waals surface area contributed by atoms with Crippen LogP contribution in [0.15, 0.2) is 70.6 Å². The second-order valence-electron chi connectivity index (χ2n) is 7.42. The lowest BCUT2D eigenvalue weighted by atomic mass is 10.2. The molecule has 0 bridgehead atoms. The minimum atomic E-state index is -3.59.